The van der Waals surface area contributed by atoms with Gasteiger partial charge in [0, 0.05) is 22.6 Å². The number of amides is 1. The van der Waals surface area contributed by atoms with Gasteiger partial charge < -0.3 is 9.73 Å². The van der Waals surface area contributed by atoms with Gasteiger partial charge in [-0.15, -0.1) is 10.2 Å². The number of fused-ring (bicyclic) bond motifs is 1. The van der Waals surface area contributed by atoms with Gasteiger partial charge in [-0.2, -0.15) is 0 Å². The summed E-state index contributed by atoms with van der Waals surface area (Å²) in [5.74, 6) is 1.40. The van der Waals surface area contributed by atoms with Crippen molar-refractivity contribution in [2.45, 2.75) is 32.5 Å². The number of carbonyl (C=O) groups excluding carboxylic acids is 1. The highest BCUT2D eigenvalue weighted by atomic mass is 35.5. The van der Waals surface area contributed by atoms with Gasteiger partial charge in [0.05, 0.1) is 5.75 Å². The standard InChI is InChI=1S/C22H21ClN4O2S/c1-4-27-21(19-11-15-10-16(23)8-9-18(15)29-19)25-26-22(27)30-12-20(28)24-17-7-5-6-13(2)14(17)3/h5-11H,4,12H2,1-3H3,(H,24,28). The number of anilines is 1. The largest absolute Gasteiger partial charge is 0.453 e. The Morgan fingerprint density at radius 3 is 2.83 bits per heavy atom. The second kappa shape index (κ2) is 8.53. The zero-order valence-corrected chi connectivity index (χ0v) is 18.5. The van der Waals surface area contributed by atoms with E-state index in [9.17, 15) is 4.79 Å². The van der Waals surface area contributed by atoms with Gasteiger partial charge in [0.2, 0.25) is 11.7 Å². The SMILES string of the molecule is CCn1c(SCC(=O)Nc2cccc(C)c2C)nnc1-c1cc2cc(Cl)ccc2o1. The van der Waals surface area contributed by atoms with Crippen LogP contribution in [0.4, 0.5) is 5.69 Å². The molecule has 0 atom stereocenters. The van der Waals surface area contributed by atoms with Gasteiger partial charge in [-0.05, 0) is 62.2 Å². The summed E-state index contributed by atoms with van der Waals surface area (Å²) in [5.41, 5.74) is 3.78. The van der Waals surface area contributed by atoms with E-state index in [2.05, 4.69) is 15.5 Å². The lowest BCUT2D eigenvalue weighted by molar-refractivity contribution is -0.113. The molecule has 8 heteroatoms. The van der Waals surface area contributed by atoms with Gasteiger partial charge in [-0.1, -0.05) is 35.5 Å². The van der Waals surface area contributed by atoms with Crippen molar-refractivity contribution >= 4 is 45.9 Å². The molecule has 0 aliphatic carbocycles. The molecule has 0 spiro atoms. The molecule has 0 saturated carbocycles. The van der Waals surface area contributed by atoms with Crippen LogP contribution in [-0.2, 0) is 11.3 Å². The Hall–Kier alpha value is -2.77. The zero-order valence-electron chi connectivity index (χ0n) is 16.9. The topological polar surface area (TPSA) is 73.0 Å². The highest BCUT2D eigenvalue weighted by molar-refractivity contribution is 7.99. The van der Waals surface area contributed by atoms with Crippen LogP contribution in [0.25, 0.3) is 22.6 Å². The summed E-state index contributed by atoms with van der Waals surface area (Å²) in [6.45, 7) is 6.68. The Balaban J connectivity index is 1.50. The summed E-state index contributed by atoms with van der Waals surface area (Å²) < 4.78 is 7.86. The second-order valence-corrected chi connectivity index (χ2v) is 8.31. The third-order valence-electron chi connectivity index (χ3n) is 4.94. The third-order valence-corrected chi connectivity index (χ3v) is 6.14. The van der Waals surface area contributed by atoms with Gasteiger partial charge >= 0.3 is 0 Å². The van der Waals surface area contributed by atoms with E-state index in [1.165, 1.54) is 11.8 Å². The molecule has 2 aromatic carbocycles. The van der Waals surface area contributed by atoms with Gasteiger partial charge in [-0.3, -0.25) is 9.36 Å². The quantitative estimate of drug-likeness (QED) is 0.388. The van der Waals surface area contributed by atoms with Gasteiger partial charge in [0.1, 0.15) is 5.58 Å². The van der Waals surface area contributed by atoms with E-state index >= 15 is 0 Å². The number of thioether (sulfide) groups is 1. The van der Waals surface area contributed by atoms with Crippen molar-refractivity contribution in [2.24, 2.45) is 0 Å². The van der Waals surface area contributed by atoms with Crippen molar-refractivity contribution in [3.63, 3.8) is 0 Å². The molecule has 4 rings (SSSR count). The van der Waals surface area contributed by atoms with E-state index in [4.69, 9.17) is 16.0 Å². The van der Waals surface area contributed by atoms with E-state index in [0.29, 0.717) is 28.3 Å². The Labute approximate surface area is 183 Å². The van der Waals surface area contributed by atoms with Crippen LogP contribution in [0, 0.1) is 13.8 Å². The number of hydrogen-bond acceptors (Lipinski definition) is 5. The number of aromatic nitrogens is 3. The van der Waals surface area contributed by atoms with Crippen molar-refractivity contribution in [2.75, 3.05) is 11.1 Å². The van der Waals surface area contributed by atoms with Crippen molar-refractivity contribution in [3.05, 3.63) is 58.6 Å². The number of benzene rings is 2. The van der Waals surface area contributed by atoms with Crippen LogP contribution in [0.2, 0.25) is 5.02 Å². The molecule has 0 unspecified atom stereocenters. The molecule has 2 heterocycles. The molecule has 0 radical (unpaired) electrons. The molecule has 1 N–H and O–H groups in total. The summed E-state index contributed by atoms with van der Waals surface area (Å²) in [6.07, 6.45) is 0. The van der Waals surface area contributed by atoms with E-state index in [0.717, 1.165) is 27.8 Å². The van der Waals surface area contributed by atoms with E-state index < -0.39 is 0 Å². The van der Waals surface area contributed by atoms with Crippen LogP contribution in [0.5, 0.6) is 0 Å². The average Bonchev–Trinajstić information content (AvgIpc) is 3.32. The van der Waals surface area contributed by atoms with Crippen molar-refractivity contribution in [3.8, 4) is 11.6 Å². The molecule has 30 heavy (non-hydrogen) atoms. The van der Waals surface area contributed by atoms with Gasteiger partial charge in [-0.25, -0.2) is 0 Å². The molecule has 0 aliphatic heterocycles. The normalized spacial score (nSPS) is 11.2. The van der Waals surface area contributed by atoms with Crippen molar-refractivity contribution in [1.29, 1.82) is 0 Å². The summed E-state index contributed by atoms with van der Waals surface area (Å²) in [7, 11) is 0. The molecule has 0 fully saturated rings. The Kier molecular flexibility index (Phi) is 5.83. The molecule has 1 amide bonds. The highest BCUT2D eigenvalue weighted by Gasteiger charge is 2.18. The minimum Gasteiger partial charge on any atom is -0.453 e. The number of rotatable bonds is 6. The number of nitrogens with zero attached hydrogens (tertiary/aromatic N) is 3. The van der Waals surface area contributed by atoms with E-state index in [1.807, 2.05) is 61.7 Å². The molecule has 6 nitrogen and oxygen atoms in total. The van der Waals surface area contributed by atoms with Gasteiger partial charge in [0.15, 0.2) is 10.9 Å². The molecule has 154 valence electrons. The molecule has 0 aliphatic rings. The second-order valence-electron chi connectivity index (χ2n) is 6.93. The molecule has 0 saturated heterocycles. The molecule has 2 aromatic heterocycles. The monoisotopic (exact) mass is 440 g/mol. The number of halogens is 1. The van der Waals surface area contributed by atoms with Gasteiger partial charge in [0.25, 0.3) is 0 Å². The maximum atomic E-state index is 12.5. The van der Waals surface area contributed by atoms with Crippen LogP contribution in [0.15, 0.2) is 52.0 Å². The molecular formula is C22H21ClN4O2S. The fraction of sp³-hybridized carbons (Fsp3) is 0.227. The van der Waals surface area contributed by atoms with Crippen LogP contribution in [-0.4, -0.2) is 26.4 Å². The Morgan fingerprint density at radius 1 is 1.20 bits per heavy atom. The number of nitrogens with one attached hydrogen (secondary N) is 1. The first-order valence-electron chi connectivity index (χ1n) is 9.57. The zero-order chi connectivity index (χ0) is 21.3. The minimum absolute atomic E-state index is 0.0840. The number of carbonyl (C=O) groups is 1. The fourth-order valence-corrected chi connectivity index (χ4v) is 4.17. The molecule has 4 aromatic rings. The number of hydrogen-bond donors (Lipinski definition) is 1. The first-order chi connectivity index (χ1) is 14.5. The maximum Gasteiger partial charge on any atom is 0.234 e. The summed E-state index contributed by atoms with van der Waals surface area (Å²) in [5, 5.41) is 13.8. The first kappa shape index (κ1) is 20.5. The number of furan rings is 1. The Bertz CT molecular complexity index is 1230. The highest BCUT2D eigenvalue weighted by Crippen LogP contribution is 2.30. The summed E-state index contributed by atoms with van der Waals surface area (Å²) in [6, 6.07) is 13.2. The van der Waals surface area contributed by atoms with E-state index in [1.54, 1.807) is 6.07 Å². The predicted molar refractivity (Wildman–Crippen MR) is 121 cm³/mol. The van der Waals surface area contributed by atoms with Crippen LogP contribution < -0.4 is 5.32 Å². The van der Waals surface area contributed by atoms with Crippen LogP contribution in [0.3, 0.4) is 0 Å². The lowest BCUT2D eigenvalue weighted by Gasteiger charge is -2.10. The first-order valence-corrected chi connectivity index (χ1v) is 10.9. The lowest BCUT2D eigenvalue weighted by Crippen LogP contribution is -2.15. The number of aryl methyl sites for hydroxylation is 1. The smallest absolute Gasteiger partial charge is 0.234 e. The lowest BCUT2D eigenvalue weighted by atomic mass is 10.1. The van der Waals surface area contributed by atoms with Crippen LogP contribution >= 0.6 is 23.4 Å². The average molecular weight is 441 g/mol. The van der Waals surface area contributed by atoms with Crippen LogP contribution in [0.1, 0.15) is 18.1 Å². The summed E-state index contributed by atoms with van der Waals surface area (Å²) in [4.78, 5) is 12.5. The predicted octanol–water partition coefficient (Wildman–Crippen LogP) is 5.71. The fourth-order valence-electron chi connectivity index (χ4n) is 3.19. The van der Waals surface area contributed by atoms with E-state index in [-0.39, 0.29) is 11.7 Å². The van der Waals surface area contributed by atoms with Crippen molar-refractivity contribution in [1.82, 2.24) is 14.8 Å². The molecular weight excluding hydrogens is 420 g/mol. The summed E-state index contributed by atoms with van der Waals surface area (Å²) >= 11 is 7.42. The maximum absolute atomic E-state index is 12.5. The third kappa shape index (κ3) is 4.08. The minimum atomic E-state index is -0.0840. The van der Waals surface area contributed by atoms with Crippen molar-refractivity contribution < 1.29 is 9.21 Å². The molecule has 0 bridgehead atoms. The Morgan fingerprint density at radius 2 is 2.03 bits per heavy atom.